The number of rotatable bonds is 5. The van der Waals surface area contributed by atoms with Crippen LogP contribution in [0.5, 0.6) is 11.5 Å². The Balaban J connectivity index is 1.63. The van der Waals surface area contributed by atoms with Crippen molar-refractivity contribution in [1.29, 1.82) is 0 Å². The zero-order valence-electron chi connectivity index (χ0n) is 13.0. The molecule has 1 aliphatic rings. The summed E-state index contributed by atoms with van der Waals surface area (Å²) < 4.78 is 41.9. The molecule has 128 valence electrons. The molecule has 0 saturated heterocycles. The highest BCUT2D eigenvalue weighted by atomic mass is 32.2. The number of nitrogens with zero attached hydrogens (tertiary/aromatic N) is 1. The molecular formula is C14H15N3O6S. The third-order valence-electron chi connectivity index (χ3n) is 3.32. The van der Waals surface area contributed by atoms with Crippen LogP contribution in [0.1, 0.15) is 11.5 Å². The number of amides is 1. The van der Waals surface area contributed by atoms with Crippen molar-refractivity contribution < 1.29 is 27.2 Å². The van der Waals surface area contributed by atoms with E-state index in [2.05, 4.69) is 15.2 Å². The number of fused-ring (bicyclic) bond motifs is 1. The zero-order chi connectivity index (χ0) is 17.3. The molecule has 0 unspecified atom stereocenters. The van der Waals surface area contributed by atoms with Crippen LogP contribution in [0.15, 0.2) is 27.6 Å². The molecule has 2 aromatic rings. The third kappa shape index (κ3) is 3.19. The minimum absolute atomic E-state index is 0.0571. The molecule has 0 radical (unpaired) electrons. The number of sulfonamides is 1. The fraction of sp³-hybridized carbons (Fsp3) is 0.286. The van der Waals surface area contributed by atoms with Crippen LogP contribution in [0.25, 0.3) is 0 Å². The van der Waals surface area contributed by atoms with Crippen LogP contribution in [0.2, 0.25) is 0 Å². The van der Waals surface area contributed by atoms with Gasteiger partial charge in [0.2, 0.25) is 22.7 Å². The second-order valence-corrected chi connectivity index (χ2v) is 6.80. The lowest BCUT2D eigenvalue weighted by molar-refractivity contribution is -0.115. The molecule has 3 rings (SSSR count). The first-order valence-corrected chi connectivity index (χ1v) is 8.47. The van der Waals surface area contributed by atoms with E-state index in [1.165, 1.54) is 13.8 Å². The second kappa shape index (κ2) is 6.13. The minimum atomic E-state index is -3.89. The second-order valence-electron chi connectivity index (χ2n) is 5.09. The van der Waals surface area contributed by atoms with E-state index < -0.39 is 22.5 Å². The number of ether oxygens (including phenoxy) is 2. The van der Waals surface area contributed by atoms with Crippen LogP contribution in [-0.2, 0) is 14.8 Å². The SMILES string of the molecule is Cc1noc(C)c1S(=O)(=O)NCC(=O)Nc1ccc2c(c1)OCO2. The Hall–Kier alpha value is -2.59. The number of carbonyl (C=O) groups is 1. The highest BCUT2D eigenvalue weighted by Gasteiger charge is 2.24. The molecule has 1 aromatic carbocycles. The van der Waals surface area contributed by atoms with Gasteiger partial charge in [0.15, 0.2) is 17.3 Å². The normalized spacial score (nSPS) is 13.1. The summed E-state index contributed by atoms with van der Waals surface area (Å²) in [6, 6.07) is 4.89. The van der Waals surface area contributed by atoms with Crippen molar-refractivity contribution in [2.75, 3.05) is 18.7 Å². The number of aromatic nitrogens is 1. The first-order chi connectivity index (χ1) is 11.4. The van der Waals surface area contributed by atoms with Crippen LogP contribution in [-0.4, -0.2) is 32.8 Å². The van der Waals surface area contributed by atoms with E-state index in [-0.39, 0.29) is 23.1 Å². The van der Waals surface area contributed by atoms with E-state index in [0.29, 0.717) is 17.2 Å². The molecule has 9 nitrogen and oxygen atoms in total. The van der Waals surface area contributed by atoms with Gasteiger partial charge in [0.05, 0.1) is 6.54 Å². The molecule has 2 N–H and O–H groups in total. The summed E-state index contributed by atoms with van der Waals surface area (Å²) in [5, 5.41) is 6.17. The fourth-order valence-electron chi connectivity index (χ4n) is 2.27. The van der Waals surface area contributed by atoms with Crippen molar-refractivity contribution >= 4 is 21.6 Å². The summed E-state index contributed by atoms with van der Waals surface area (Å²) in [4.78, 5) is 11.9. The molecule has 0 aliphatic carbocycles. The number of carbonyl (C=O) groups excluding carboxylic acids is 1. The predicted molar refractivity (Wildman–Crippen MR) is 82.4 cm³/mol. The van der Waals surface area contributed by atoms with Gasteiger partial charge in [0.1, 0.15) is 10.6 Å². The summed E-state index contributed by atoms with van der Waals surface area (Å²) in [6.07, 6.45) is 0. The number of hydrogen-bond donors (Lipinski definition) is 2. The molecule has 0 atom stereocenters. The average molecular weight is 353 g/mol. The Kier molecular flexibility index (Phi) is 4.16. The van der Waals surface area contributed by atoms with Crippen molar-refractivity contribution in [1.82, 2.24) is 9.88 Å². The lowest BCUT2D eigenvalue weighted by Gasteiger charge is -2.08. The van der Waals surface area contributed by atoms with Crippen molar-refractivity contribution in [3.05, 3.63) is 29.7 Å². The van der Waals surface area contributed by atoms with E-state index in [4.69, 9.17) is 14.0 Å². The molecule has 24 heavy (non-hydrogen) atoms. The first kappa shape index (κ1) is 16.3. The van der Waals surface area contributed by atoms with E-state index in [1.807, 2.05) is 0 Å². The molecular weight excluding hydrogens is 338 g/mol. The molecule has 2 heterocycles. The van der Waals surface area contributed by atoms with E-state index >= 15 is 0 Å². The van der Waals surface area contributed by atoms with Gasteiger partial charge in [-0.3, -0.25) is 4.79 Å². The summed E-state index contributed by atoms with van der Waals surface area (Å²) in [6.45, 7) is 2.70. The number of benzene rings is 1. The number of hydrogen-bond acceptors (Lipinski definition) is 7. The third-order valence-corrected chi connectivity index (χ3v) is 4.96. The Morgan fingerprint density at radius 1 is 1.25 bits per heavy atom. The van der Waals surface area contributed by atoms with Gasteiger partial charge in [-0.2, -0.15) is 0 Å². The van der Waals surface area contributed by atoms with Gasteiger partial charge in [-0.05, 0) is 26.0 Å². The molecule has 0 spiro atoms. The molecule has 1 amide bonds. The highest BCUT2D eigenvalue weighted by molar-refractivity contribution is 7.89. The number of aryl methyl sites for hydroxylation is 2. The minimum Gasteiger partial charge on any atom is -0.454 e. The van der Waals surface area contributed by atoms with E-state index in [1.54, 1.807) is 18.2 Å². The molecule has 1 aromatic heterocycles. The molecule has 0 fully saturated rings. The molecule has 0 bridgehead atoms. The summed E-state index contributed by atoms with van der Waals surface area (Å²) in [5.74, 6) is 0.747. The summed E-state index contributed by atoms with van der Waals surface area (Å²) >= 11 is 0. The lowest BCUT2D eigenvalue weighted by Crippen LogP contribution is -2.33. The highest BCUT2D eigenvalue weighted by Crippen LogP contribution is 2.34. The van der Waals surface area contributed by atoms with Crippen LogP contribution >= 0.6 is 0 Å². The standard InChI is InChI=1S/C14H15N3O6S/c1-8-14(9(2)23-17-8)24(19,20)15-6-13(18)16-10-3-4-11-12(5-10)22-7-21-11/h3-5,15H,6-7H2,1-2H3,(H,16,18). The van der Waals surface area contributed by atoms with Crippen molar-refractivity contribution in [2.24, 2.45) is 0 Å². The quantitative estimate of drug-likeness (QED) is 0.820. The van der Waals surface area contributed by atoms with Crippen molar-refractivity contribution in [3.8, 4) is 11.5 Å². The van der Waals surface area contributed by atoms with Gasteiger partial charge in [-0.15, -0.1) is 0 Å². The van der Waals surface area contributed by atoms with Gasteiger partial charge in [0, 0.05) is 11.8 Å². The summed E-state index contributed by atoms with van der Waals surface area (Å²) in [5.41, 5.74) is 0.706. The van der Waals surface area contributed by atoms with Crippen molar-refractivity contribution in [3.63, 3.8) is 0 Å². The maximum atomic E-state index is 12.2. The van der Waals surface area contributed by atoms with Gasteiger partial charge < -0.3 is 19.3 Å². The Morgan fingerprint density at radius 2 is 2.00 bits per heavy atom. The molecule has 10 heteroatoms. The molecule has 1 aliphatic heterocycles. The van der Waals surface area contributed by atoms with Crippen LogP contribution in [0.4, 0.5) is 5.69 Å². The zero-order valence-corrected chi connectivity index (χ0v) is 13.8. The fourth-order valence-corrected chi connectivity index (χ4v) is 3.58. The van der Waals surface area contributed by atoms with E-state index in [9.17, 15) is 13.2 Å². The topological polar surface area (TPSA) is 120 Å². The maximum absolute atomic E-state index is 12.2. The Morgan fingerprint density at radius 3 is 2.71 bits per heavy atom. The van der Waals surface area contributed by atoms with Crippen LogP contribution in [0, 0.1) is 13.8 Å². The largest absolute Gasteiger partial charge is 0.454 e. The van der Waals surface area contributed by atoms with Gasteiger partial charge in [0.25, 0.3) is 0 Å². The van der Waals surface area contributed by atoms with Crippen LogP contribution < -0.4 is 19.5 Å². The lowest BCUT2D eigenvalue weighted by atomic mass is 10.3. The number of nitrogens with one attached hydrogen (secondary N) is 2. The summed E-state index contributed by atoms with van der Waals surface area (Å²) in [7, 11) is -3.89. The van der Waals surface area contributed by atoms with Gasteiger partial charge in [-0.25, -0.2) is 13.1 Å². The van der Waals surface area contributed by atoms with Gasteiger partial charge in [-0.1, -0.05) is 5.16 Å². The van der Waals surface area contributed by atoms with E-state index in [0.717, 1.165) is 0 Å². The Bertz CT molecular complexity index is 870. The average Bonchev–Trinajstić information content (AvgIpc) is 3.11. The van der Waals surface area contributed by atoms with Crippen molar-refractivity contribution in [2.45, 2.75) is 18.7 Å². The Labute approximate surface area is 138 Å². The van der Waals surface area contributed by atoms with Crippen LogP contribution in [0.3, 0.4) is 0 Å². The van der Waals surface area contributed by atoms with Gasteiger partial charge >= 0.3 is 0 Å². The predicted octanol–water partition coefficient (Wildman–Crippen LogP) is 0.937. The smallest absolute Gasteiger partial charge is 0.246 e. The first-order valence-electron chi connectivity index (χ1n) is 6.99. The monoisotopic (exact) mass is 353 g/mol. The maximum Gasteiger partial charge on any atom is 0.246 e. The number of anilines is 1. The molecule has 0 saturated carbocycles.